The van der Waals surface area contributed by atoms with Crippen LogP contribution in [0.5, 0.6) is 0 Å². The van der Waals surface area contributed by atoms with Gasteiger partial charge >= 0.3 is 0 Å². The molecule has 20 heavy (non-hydrogen) atoms. The van der Waals surface area contributed by atoms with Crippen molar-refractivity contribution in [1.29, 1.82) is 0 Å². The minimum atomic E-state index is -0.0580. The first-order valence-electron chi connectivity index (χ1n) is 6.02. The highest BCUT2D eigenvalue weighted by Gasteiger charge is 2.09. The lowest BCUT2D eigenvalue weighted by molar-refractivity contribution is -0.113. The third kappa shape index (κ3) is 3.61. The molecule has 0 fully saturated rings. The monoisotopic (exact) mass is 354 g/mol. The molecule has 0 aliphatic rings. The van der Waals surface area contributed by atoms with Gasteiger partial charge in [-0.05, 0) is 37.6 Å². The largest absolute Gasteiger partial charge is 0.325 e. The molecule has 0 atom stereocenters. The van der Waals surface area contributed by atoms with Gasteiger partial charge in [-0.1, -0.05) is 27.7 Å². The van der Waals surface area contributed by atoms with Gasteiger partial charge in [0.05, 0.1) is 5.75 Å². The number of anilines is 1. The lowest BCUT2D eigenvalue weighted by Crippen LogP contribution is -2.14. The average Bonchev–Trinajstić information content (AvgIpc) is 2.72. The van der Waals surface area contributed by atoms with Crippen molar-refractivity contribution in [2.45, 2.75) is 19.0 Å². The summed E-state index contributed by atoms with van der Waals surface area (Å²) in [5, 5.41) is 11.6. The number of thioether (sulfide) groups is 1. The van der Waals surface area contributed by atoms with Crippen LogP contribution in [0, 0.1) is 13.8 Å². The molecule has 0 bridgehead atoms. The first kappa shape index (κ1) is 15.1. The number of rotatable bonds is 4. The summed E-state index contributed by atoms with van der Waals surface area (Å²) in [6.07, 6.45) is 0. The van der Waals surface area contributed by atoms with Gasteiger partial charge in [0.15, 0.2) is 5.16 Å². The Morgan fingerprint density at radius 3 is 2.75 bits per heavy atom. The molecule has 0 saturated heterocycles. The molecular weight excluding hydrogens is 340 g/mol. The lowest BCUT2D eigenvalue weighted by Gasteiger charge is -2.07. The Kier molecular flexibility index (Phi) is 4.82. The molecule has 106 valence electrons. The Balaban J connectivity index is 1.92. The van der Waals surface area contributed by atoms with Crippen molar-refractivity contribution in [2.75, 3.05) is 11.1 Å². The van der Waals surface area contributed by atoms with E-state index in [2.05, 4.69) is 31.4 Å². The Bertz CT molecular complexity index is 641. The SMILES string of the molecule is Cc1cc(NC(=O)CSc2nnc(C)n2C)ccc1Br. The van der Waals surface area contributed by atoms with E-state index >= 15 is 0 Å². The van der Waals surface area contributed by atoms with Gasteiger partial charge in [0.25, 0.3) is 0 Å². The van der Waals surface area contributed by atoms with E-state index in [1.54, 1.807) is 0 Å². The fraction of sp³-hybridized carbons (Fsp3) is 0.308. The summed E-state index contributed by atoms with van der Waals surface area (Å²) in [6, 6.07) is 5.72. The third-order valence-corrected chi connectivity index (χ3v) is 4.74. The first-order chi connectivity index (χ1) is 9.47. The van der Waals surface area contributed by atoms with Crippen LogP contribution in [0.15, 0.2) is 27.8 Å². The van der Waals surface area contributed by atoms with E-state index < -0.39 is 0 Å². The van der Waals surface area contributed by atoms with Crippen LogP contribution in [-0.2, 0) is 11.8 Å². The number of nitrogens with one attached hydrogen (secondary N) is 1. The molecule has 0 spiro atoms. The number of carbonyl (C=O) groups excluding carboxylic acids is 1. The van der Waals surface area contributed by atoms with Crippen molar-refractivity contribution >= 4 is 39.3 Å². The number of aryl methyl sites for hydroxylation is 2. The number of halogens is 1. The van der Waals surface area contributed by atoms with Gasteiger partial charge in [-0.3, -0.25) is 4.79 Å². The number of benzene rings is 1. The minimum Gasteiger partial charge on any atom is -0.325 e. The van der Waals surface area contributed by atoms with Crippen molar-refractivity contribution in [3.8, 4) is 0 Å². The maximum atomic E-state index is 11.9. The van der Waals surface area contributed by atoms with E-state index in [0.29, 0.717) is 5.75 Å². The number of amides is 1. The zero-order chi connectivity index (χ0) is 14.7. The van der Waals surface area contributed by atoms with E-state index in [9.17, 15) is 4.79 Å². The van der Waals surface area contributed by atoms with Crippen molar-refractivity contribution in [1.82, 2.24) is 14.8 Å². The standard InChI is InChI=1S/C13H15BrN4OS/c1-8-6-10(4-5-11(8)14)15-12(19)7-20-13-17-16-9(2)18(13)3/h4-6H,7H2,1-3H3,(H,15,19). The van der Waals surface area contributed by atoms with E-state index in [1.807, 2.05) is 43.7 Å². The maximum Gasteiger partial charge on any atom is 0.234 e. The topological polar surface area (TPSA) is 59.8 Å². The van der Waals surface area contributed by atoms with Gasteiger partial charge in [0.2, 0.25) is 5.91 Å². The van der Waals surface area contributed by atoms with Crippen molar-refractivity contribution in [2.24, 2.45) is 7.05 Å². The van der Waals surface area contributed by atoms with E-state index in [0.717, 1.165) is 26.7 Å². The lowest BCUT2D eigenvalue weighted by atomic mass is 10.2. The number of nitrogens with zero attached hydrogens (tertiary/aromatic N) is 3. The number of hydrogen-bond donors (Lipinski definition) is 1. The van der Waals surface area contributed by atoms with Crippen LogP contribution >= 0.6 is 27.7 Å². The highest BCUT2D eigenvalue weighted by molar-refractivity contribution is 9.10. The maximum absolute atomic E-state index is 11.9. The molecule has 1 amide bonds. The molecule has 0 aliphatic carbocycles. The summed E-state index contributed by atoms with van der Waals surface area (Å²) in [7, 11) is 1.88. The Hall–Kier alpha value is -1.34. The fourth-order valence-electron chi connectivity index (χ4n) is 1.56. The number of hydrogen-bond acceptors (Lipinski definition) is 4. The quantitative estimate of drug-likeness (QED) is 0.857. The summed E-state index contributed by atoms with van der Waals surface area (Å²) in [5.74, 6) is 1.08. The van der Waals surface area contributed by atoms with Gasteiger partial charge in [-0.25, -0.2) is 0 Å². The van der Waals surface area contributed by atoms with Gasteiger partial charge in [-0.15, -0.1) is 10.2 Å². The number of aromatic nitrogens is 3. The molecule has 0 radical (unpaired) electrons. The second-order valence-electron chi connectivity index (χ2n) is 4.39. The molecule has 7 heteroatoms. The van der Waals surface area contributed by atoms with Crippen LogP contribution in [0.3, 0.4) is 0 Å². The zero-order valence-electron chi connectivity index (χ0n) is 11.5. The van der Waals surface area contributed by atoms with Gasteiger partial charge in [-0.2, -0.15) is 0 Å². The average molecular weight is 355 g/mol. The molecule has 2 aromatic rings. The third-order valence-electron chi connectivity index (χ3n) is 2.83. The summed E-state index contributed by atoms with van der Waals surface area (Å²) in [5.41, 5.74) is 1.88. The molecule has 0 unspecified atom stereocenters. The first-order valence-corrected chi connectivity index (χ1v) is 7.80. The molecule has 5 nitrogen and oxygen atoms in total. The highest BCUT2D eigenvalue weighted by atomic mass is 79.9. The molecule has 1 heterocycles. The van der Waals surface area contributed by atoms with Crippen LogP contribution < -0.4 is 5.32 Å². The molecule has 1 aromatic carbocycles. The molecule has 2 rings (SSSR count). The van der Waals surface area contributed by atoms with Crippen LogP contribution in [0.2, 0.25) is 0 Å². The molecule has 0 aliphatic heterocycles. The number of carbonyl (C=O) groups is 1. The molecular formula is C13H15BrN4OS. The fourth-order valence-corrected chi connectivity index (χ4v) is 2.57. The van der Waals surface area contributed by atoms with Gasteiger partial charge in [0.1, 0.15) is 5.82 Å². The normalized spacial score (nSPS) is 10.6. The van der Waals surface area contributed by atoms with Crippen LogP contribution in [0.1, 0.15) is 11.4 Å². The second kappa shape index (κ2) is 6.41. The van der Waals surface area contributed by atoms with E-state index in [1.165, 1.54) is 11.8 Å². The second-order valence-corrected chi connectivity index (χ2v) is 6.19. The Labute approximate surface area is 130 Å². The predicted octanol–water partition coefficient (Wildman–Crippen LogP) is 2.93. The minimum absolute atomic E-state index is 0.0580. The molecule has 0 saturated carbocycles. The predicted molar refractivity (Wildman–Crippen MR) is 84.0 cm³/mol. The van der Waals surface area contributed by atoms with E-state index in [4.69, 9.17) is 0 Å². The summed E-state index contributed by atoms with van der Waals surface area (Å²) in [4.78, 5) is 11.9. The van der Waals surface area contributed by atoms with Crippen molar-refractivity contribution in [3.63, 3.8) is 0 Å². The van der Waals surface area contributed by atoms with Crippen LogP contribution in [0.25, 0.3) is 0 Å². The highest BCUT2D eigenvalue weighted by Crippen LogP contribution is 2.21. The Morgan fingerprint density at radius 1 is 1.40 bits per heavy atom. The van der Waals surface area contributed by atoms with Crippen molar-refractivity contribution in [3.05, 3.63) is 34.1 Å². The van der Waals surface area contributed by atoms with Crippen LogP contribution in [-0.4, -0.2) is 26.4 Å². The van der Waals surface area contributed by atoms with E-state index in [-0.39, 0.29) is 5.91 Å². The van der Waals surface area contributed by atoms with Crippen LogP contribution in [0.4, 0.5) is 5.69 Å². The molecule has 1 aromatic heterocycles. The summed E-state index contributed by atoms with van der Waals surface area (Å²) >= 11 is 4.80. The Morgan fingerprint density at radius 2 is 2.15 bits per heavy atom. The zero-order valence-corrected chi connectivity index (χ0v) is 13.9. The summed E-state index contributed by atoms with van der Waals surface area (Å²) < 4.78 is 2.89. The van der Waals surface area contributed by atoms with Gasteiger partial charge < -0.3 is 9.88 Å². The smallest absolute Gasteiger partial charge is 0.234 e. The molecule has 1 N–H and O–H groups in total. The van der Waals surface area contributed by atoms with Crippen molar-refractivity contribution < 1.29 is 4.79 Å². The summed E-state index contributed by atoms with van der Waals surface area (Å²) in [6.45, 7) is 3.86. The van der Waals surface area contributed by atoms with Gasteiger partial charge in [0, 0.05) is 17.2 Å².